The van der Waals surface area contributed by atoms with Crippen molar-refractivity contribution in [3.63, 3.8) is 0 Å². The van der Waals surface area contributed by atoms with E-state index < -0.39 is 0 Å². The Bertz CT molecular complexity index is 880. The number of amides is 2. The van der Waals surface area contributed by atoms with Crippen molar-refractivity contribution in [2.24, 2.45) is 11.8 Å². The SMILES string of the molecule is O=C1C2CC=CCC2C(=O)N1CCCN1CCN(c2cc(F)ccc2OC2CCCC2)CC1. The Morgan fingerprint density at radius 3 is 2.24 bits per heavy atom. The molecular formula is C26H34FN3O3. The summed E-state index contributed by atoms with van der Waals surface area (Å²) in [6.07, 6.45) is 11.0. The summed E-state index contributed by atoms with van der Waals surface area (Å²) in [6.45, 7) is 4.72. The lowest BCUT2D eigenvalue weighted by molar-refractivity contribution is -0.140. The van der Waals surface area contributed by atoms with Crippen LogP contribution in [-0.4, -0.2) is 67.0 Å². The summed E-state index contributed by atoms with van der Waals surface area (Å²) in [4.78, 5) is 31.3. The van der Waals surface area contributed by atoms with Gasteiger partial charge in [0, 0.05) is 38.8 Å². The first-order chi connectivity index (χ1) is 16.1. The molecule has 0 aromatic heterocycles. The van der Waals surface area contributed by atoms with Crippen LogP contribution in [0.15, 0.2) is 30.4 Å². The van der Waals surface area contributed by atoms with E-state index in [0.29, 0.717) is 19.4 Å². The van der Waals surface area contributed by atoms with Crippen LogP contribution in [0, 0.1) is 17.7 Å². The van der Waals surface area contributed by atoms with Crippen molar-refractivity contribution < 1.29 is 18.7 Å². The number of carbonyl (C=O) groups excluding carboxylic acids is 2. The number of hydrogen-bond donors (Lipinski definition) is 0. The maximum atomic E-state index is 14.0. The van der Waals surface area contributed by atoms with Crippen LogP contribution in [0.5, 0.6) is 5.75 Å². The first kappa shape index (κ1) is 22.4. The molecule has 2 heterocycles. The topological polar surface area (TPSA) is 53.1 Å². The van der Waals surface area contributed by atoms with E-state index >= 15 is 0 Å². The lowest BCUT2D eigenvalue weighted by atomic mass is 9.85. The smallest absolute Gasteiger partial charge is 0.233 e. The van der Waals surface area contributed by atoms with Crippen LogP contribution >= 0.6 is 0 Å². The minimum absolute atomic E-state index is 0.0139. The summed E-state index contributed by atoms with van der Waals surface area (Å²) in [5, 5.41) is 0. The molecule has 0 spiro atoms. The molecule has 0 N–H and O–H groups in total. The first-order valence-electron chi connectivity index (χ1n) is 12.5. The van der Waals surface area contributed by atoms with Gasteiger partial charge in [-0.25, -0.2) is 4.39 Å². The lowest BCUT2D eigenvalue weighted by Gasteiger charge is -2.37. The van der Waals surface area contributed by atoms with E-state index in [1.807, 2.05) is 12.2 Å². The molecule has 2 aliphatic heterocycles. The fourth-order valence-corrected chi connectivity index (χ4v) is 5.78. The van der Waals surface area contributed by atoms with Gasteiger partial charge in [-0.2, -0.15) is 0 Å². The minimum Gasteiger partial charge on any atom is -0.488 e. The highest BCUT2D eigenvalue weighted by Crippen LogP contribution is 2.35. The van der Waals surface area contributed by atoms with Gasteiger partial charge in [-0.1, -0.05) is 12.2 Å². The van der Waals surface area contributed by atoms with E-state index in [-0.39, 0.29) is 35.6 Å². The number of likely N-dealkylation sites (tertiary alicyclic amines) is 1. The Labute approximate surface area is 195 Å². The standard InChI is InChI=1S/C26H34FN3O3/c27-19-10-11-24(33-20-6-1-2-7-20)23(18-19)29-16-14-28(15-17-29)12-5-13-30-25(31)21-8-3-4-9-22(21)26(30)32/h3-4,10-11,18,20-22H,1-2,5-9,12-17H2. The number of allylic oxidation sites excluding steroid dienone is 2. The fraction of sp³-hybridized carbons (Fsp3) is 0.615. The monoisotopic (exact) mass is 455 g/mol. The Balaban J connectivity index is 1.11. The van der Waals surface area contributed by atoms with E-state index in [9.17, 15) is 14.0 Å². The number of piperazine rings is 1. The second-order valence-electron chi connectivity index (χ2n) is 9.80. The normalized spacial score (nSPS) is 26.3. The van der Waals surface area contributed by atoms with Crippen LogP contribution in [0.1, 0.15) is 44.9 Å². The predicted molar refractivity (Wildman–Crippen MR) is 125 cm³/mol. The van der Waals surface area contributed by atoms with Crippen LogP contribution in [0.25, 0.3) is 0 Å². The number of benzene rings is 1. The van der Waals surface area contributed by atoms with E-state index in [1.54, 1.807) is 12.1 Å². The van der Waals surface area contributed by atoms with Crippen molar-refractivity contribution in [2.75, 3.05) is 44.2 Å². The number of imide groups is 1. The molecule has 2 unspecified atom stereocenters. The van der Waals surface area contributed by atoms with Gasteiger partial charge in [0.2, 0.25) is 11.8 Å². The summed E-state index contributed by atoms with van der Waals surface area (Å²) < 4.78 is 20.3. The summed E-state index contributed by atoms with van der Waals surface area (Å²) in [6, 6.07) is 4.85. The van der Waals surface area contributed by atoms with Crippen molar-refractivity contribution in [3.8, 4) is 5.75 Å². The molecule has 1 saturated carbocycles. The molecule has 2 amide bonds. The van der Waals surface area contributed by atoms with Gasteiger partial charge in [0.05, 0.1) is 23.6 Å². The van der Waals surface area contributed by atoms with Gasteiger partial charge in [-0.15, -0.1) is 0 Å². The first-order valence-corrected chi connectivity index (χ1v) is 12.5. The van der Waals surface area contributed by atoms with Gasteiger partial charge in [0.25, 0.3) is 0 Å². The molecule has 0 radical (unpaired) electrons. The Morgan fingerprint density at radius 1 is 0.909 bits per heavy atom. The van der Waals surface area contributed by atoms with Gasteiger partial charge in [0.1, 0.15) is 11.6 Å². The van der Waals surface area contributed by atoms with E-state index in [1.165, 1.54) is 23.8 Å². The van der Waals surface area contributed by atoms with E-state index in [4.69, 9.17) is 4.74 Å². The van der Waals surface area contributed by atoms with Crippen LogP contribution in [0.2, 0.25) is 0 Å². The number of anilines is 1. The molecule has 178 valence electrons. The van der Waals surface area contributed by atoms with Gasteiger partial charge < -0.3 is 9.64 Å². The van der Waals surface area contributed by atoms with E-state index in [2.05, 4.69) is 9.80 Å². The number of fused-ring (bicyclic) bond motifs is 1. The Hall–Kier alpha value is -2.41. The third-order valence-electron chi connectivity index (χ3n) is 7.68. The highest BCUT2D eigenvalue weighted by molar-refractivity contribution is 6.05. The maximum absolute atomic E-state index is 14.0. The molecule has 7 heteroatoms. The molecule has 33 heavy (non-hydrogen) atoms. The third kappa shape index (κ3) is 4.79. The zero-order valence-electron chi connectivity index (χ0n) is 19.3. The number of ether oxygens (including phenoxy) is 1. The van der Waals surface area contributed by atoms with Gasteiger partial charge in [-0.3, -0.25) is 19.4 Å². The van der Waals surface area contributed by atoms with Crippen LogP contribution in [0.3, 0.4) is 0 Å². The largest absolute Gasteiger partial charge is 0.488 e. The molecule has 2 saturated heterocycles. The number of hydrogen-bond acceptors (Lipinski definition) is 5. The number of nitrogens with zero attached hydrogens (tertiary/aromatic N) is 3. The average Bonchev–Trinajstić information content (AvgIpc) is 3.43. The predicted octanol–water partition coefficient (Wildman–Crippen LogP) is 3.61. The van der Waals surface area contributed by atoms with Crippen molar-refractivity contribution in [1.82, 2.24) is 9.80 Å². The minimum atomic E-state index is -0.234. The molecule has 6 nitrogen and oxygen atoms in total. The molecule has 1 aromatic rings. The molecular weight excluding hydrogens is 421 g/mol. The second kappa shape index (κ2) is 9.84. The summed E-state index contributed by atoms with van der Waals surface area (Å²) in [5.41, 5.74) is 0.853. The van der Waals surface area contributed by atoms with Crippen LogP contribution in [0.4, 0.5) is 10.1 Å². The molecule has 3 fully saturated rings. The van der Waals surface area contributed by atoms with E-state index in [0.717, 1.165) is 63.4 Å². The van der Waals surface area contributed by atoms with Gasteiger partial charge in [-0.05, 0) is 63.6 Å². The van der Waals surface area contributed by atoms with Gasteiger partial charge in [0.15, 0.2) is 0 Å². The zero-order valence-corrected chi connectivity index (χ0v) is 19.3. The summed E-state index contributed by atoms with van der Waals surface area (Å²) >= 11 is 0. The van der Waals surface area contributed by atoms with Crippen molar-refractivity contribution >= 4 is 17.5 Å². The molecule has 4 aliphatic rings. The summed E-state index contributed by atoms with van der Waals surface area (Å²) in [5.74, 6) is 0.303. The average molecular weight is 456 g/mol. The molecule has 5 rings (SSSR count). The van der Waals surface area contributed by atoms with Crippen LogP contribution < -0.4 is 9.64 Å². The quantitative estimate of drug-likeness (QED) is 0.464. The fourth-order valence-electron chi connectivity index (χ4n) is 5.78. The maximum Gasteiger partial charge on any atom is 0.233 e. The molecule has 2 aliphatic carbocycles. The lowest BCUT2D eigenvalue weighted by Crippen LogP contribution is -2.47. The Kier molecular flexibility index (Phi) is 6.67. The van der Waals surface area contributed by atoms with Gasteiger partial charge >= 0.3 is 0 Å². The number of halogens is 1. The summed E-state index contributed by atoms with van der Waals surface area (Å²) in [7, 11) is 0. The second-order valence-corrected chi connectivity index (χ2v) is 9.80. The Morgan fingerprint density at radius 2 is 1.58 bits per heavy atom. The van der Waals surface area contributed by atoms with Crippen LogP contribution in [-0.2, 0) is 9.59 Å². The highest BCUT2D eigenvalue weighted by atomic mass is 19.1. The number of rotatable bonds is 7. The zero-order chi connectivity index (χ0) is 22.8. The van der Waals surface area contributed by atoms with Crippen molar-refractivity contribution in [3.05, 3.63) is 36.2 Å². The van der Waals surface area contributed by atoms with Crippen molar-refractivity contribution in [2.45, 2.75) is 51.0 Å². The highest BCUT2D eigenvalue weighted by Gasteiger charge is 2.46. The van der Waals surface area contributed by atoms with Crippen molar-refractivity contribution in [1.29, 1.82) is 0 Å². The third-order valence-corrected chi connectivity index (χ3v) is 7.68. The molecule has 1 aromatic carbocycles. The number of carbonyl (C=O) groups is 2. The molecule has 2 atom stereocenters. The molecule has 0 bridgehead atoms.